The lowest BCUT2D eigenvalue weighted by molar-refractivity contribution is 0.182. The van der Waals surface area contributed by atoms with Crippen LogP contribution in [0.15, 0.2) is 12.4 Å². The highest BCUT2D eigenvalue weighted by Crippen LogP contribution is 2.26. The zero-order chi connectivity index (χ0) is 13.0. The van der Waals surface area contributed by atoms with Gasteiger partial charge >= 0.3 is 0 Å². The van der Waals surface area contributed by atoms with E-state index in [1.165, 1.54) is 0 Å². The van der Waals surface area contributed by atoms with Crippen LogP contribution in [0.4, 0.5) is 0 Å². The minimum absolute atomic E-state index is 0.379. The van der Waals surface area contributed by atoms with Crippen molar-refractivity contribution >= 4 is 11.6 Å². The maximum atomic E-state index is 6.14. The molecule has 0 aliphatic heterocycles. The van der Waals surface area contributed by atoms with Crippen LogP contribution in [-0.2, 0) is 11.3 Å². The first-order chi connectivity index (χ1) is 8.77. The number of ether oxygens (including phenoxy) is 1. The highest BCUT2D eigenvalue weighted by Gasteiger charge is 2.23. The van der Waals surface area contributed by atoms with E-state index in [0.29, 0.717) is 23.9 Å². The molecule has 0 saturated carbocycles. The molecule has 2 aromatic heterocycles. The first kappa shape index (κ1) is 13.0. The second-order valence-corrected chi connectivity index (χ2v) is 4.00. The van der Waals surface area contributed by atoms with E-state index in [2.05, 4.69) is 25.9 Å². The fourth-order valence-electron chi connectivity index (χ4n) is 1.67. The number of halogens is 1. The Morgan fingerprint density at radius 2 is 2.44 bits per heavy atom. The van der Waals surface area contributed by atoms with Crippen LogP contribution < -0.4 is 11.3 Å². The molecule has 2 heterocycles. The van der Waals surface area contributed by atoms with E-state index in [9.17, 15) is 0 Å². The summed E-state index contributed by atoms with van der Waals surface area (Å²) in [5, 5.41) is 15.0. The van der Waals surface area contributed by atoms with Crippen LogP contribution in [0.25, 0.3) is 0 Å². The Kier molecular flexibility index (Phi) is 4.26. The number of H-pyrrole nitrogens is 1. The van der Waals surface area contributed by atoms with Gasteiger partial charge in [-0.2, -0.15) is 20.5 Å². The second-order valence-electron chi connectivity index (χ2n) is 3.59. The predicted molar refractivity (Wildman–Crippen MR) is 64.7 cm³/mol. The zero-order valence-corrected chi connectivity index (χ0v) is 10.6. The molecule has 0 radical (unpaired) electrons. The molecule has 98 valence electrons. The van der Waals surface area contributed by atoms with Gasteiger partial charge in [0.25, 0.3) is 0 Å². The summed E-state index contributed by atoms with van der Waals surface area (Å²) in [6.07, 6.45) is 3.14. The molecule has 0 fully saturated rings. The van der Waals surface area contributed by atoms with Crippen molar-refractivity contribution in [2.24, 2.45) is 5.84 Å². The Morgan fingerprint density at radius 3 is 3.06 bits per heavy atom. The van der Waals surface area contributed by atoms with Gasteiger partial charge in [-0.25, -0.2) is 5.43 Å². The Balaban J connectivity index is 2.32. The molecule has 2 rings (SSSR count). The second kappa shape index (κ2) is 5.91. The molecule has 8 nitrogen and oxygen atoms in total. The molecule has 0 aliphatic rings. The fourth-order valence-corrected chi connectivity index (χ4v) is 1.92. The number of hydrazine groups is 1. The van der Waals surface area contributed by atoms with Gasteiger partial charge in [-0.05, 0) is 0 Å². The van der Waals surface area contributed by atoms with Gasteiger partial charge in [-0.15, -0.1) is 0 Å². The maximum Gasteiger partial charge on any atom is 0.110 e. The van der Waals surface area contributed by atoms with E-state index in [1.54, 1.807) is 24.2 Å². The van der Waals surface area contributed by atoms with E-state index in [4.69, 9.17) is 22.2 Å². The van der Waals surface area contributed by atoms with Gasteiger partial charge in [-0.1, -0.05) is 11.6 Å². The largest absolute Gasteiger partial charge is 0.383 e. The number of methoxy groups -OCH3 is 1. The van der Waals surface area contributed by atoms with Gasteiger partial charge < -0.3 is 4.74 Å². The third kappa shape index (κ3) is 2.51. The minimum Gasteiger partial charge on any atom is -0.383 e. The van der Waals surface area contributed by atoms with Gasteiger partial charge in [0.05, 0.1) is 36.3 Å². The summed E-state index contributed by atoms with van der Waals surface area (Å²) < 4.78 is 6.75. The lowest BCUT2D eigenvalue weighted by Crippen LogP contribution is -2.31. The molecular formula is C9H14ClN7O. The van der Waals surface area contributed by atoms with Crippen molar-refractivity contribution < 1.29 is 4.74 Å². The van der Waals surface area contributed by atoms with Crippen molar-refractivity contribution in [3.05, 3.63) is 28.8 Å². The number of nitrogens with two attached hydrogens (primary N) is 1. The number of rotatable bonds is 6. The molecule has 18 heavy (non-hydrogen) atoms. The van der Waals surface area contributed by atoms with Crippen LogP contribution >= 0.6 is 11.6 Å². The van der Waals surface area contributed by atoms with Crippen molar-refractivity contribution in [2.75, 3.05) is 13.7 Å². The monoisotopic (exact) mass is 271 g/mol. The van der Waals surface area contributed by atoms with Crippen LogP contribution in [0.2, 0.25) is 5.02 Å². The Hall–Kier alpha value is -1.48. The lowest BCUT2D eigenvalue weighted by Gasteiger charge is -2.15. The Labute approximate surface area is 108 Å². The van der Waals surface area contributed by atoms with Crippen molar-refractivity contribution in [1.29, 1.82) is 0 Å². The molecule has 2 aromatic rings. The summed E-state index contributed by atoms with van der Waals surface area (Å²) in [6, 6.07) is -0.379. The van der Waals surface area contributed by atoms with Crippen LogP contribution in [0.5, 0.6) is 0 Å². The summed E-state index contributed by atoms with van der Waals surface area (Å²) in [5.74, 6) is 5.56. The van der Waals surface area contributed by atoms with Gasteiger partial charge in [-0.3, -0.25) is 10.5 Å². The summed E-state index contributed by atoms with van der Waals surface area (Å²) in [6.45, 7) is 1.11. The fraction of sp³-hybridized carbons (Fsp3) is 0.444. The van der Waals surface area contributed by atoms with Gasteiger partial charge in [0.15, 0.2) is 0 Å². The van der Waals surface area contributed by atoms with Crippen LogP contribution in [0.1, 0.15) is 17.4 Å². The summed E-state index contributed by atoms with van der Waals surface area (Å²) >= 11 is 6.14. The van der Waals surface area contributed by atoms with E-state index in [0.717, 1.165) is 5.69 Å². The van der Waals surface area contributed by atoms with E-state index in [1.807, 2.05) is 0 Å². The van der Waals surface area contributed by atoms with E-state index >= 15 is 0 Å². The van der Waals surface area contributed by atoms with Crippen LogP contribution in [0, 0.1) is 0 Å². The lowest BCUT2D eigenvalue weighted by atomic mass is 10.1. The number of nitrogens with zero attached hydrogens (tertiary/aromatic N) is 4. The van der Waals surface area contributed by atoms with Crippen LogP contribution in [0.3, 0.4) is 0 Å². The quantitative estimate of drug-likeness (QED) is 0.498. The van der Waals surface area contributed by atoms with Crippen molar-refractivity contribution in [2.45, 2.75) is 12.6 Å². The van der Waals surface area contributed by atoms with Gasteiger partial charge in [0.2, 0.25) is 0 Å². The molecule has 1 unspecified atom stereocenters. The summed E-state index contributed by atoms with van der Waals surface area (Å²) in [5.41, 5.74) is 4.02. The molecule has 0 spiro atoms. The number of nitrogens with one attached hydrogen (secondary N) is 2. The number of aromatic nitrogens is 5. The topological polar surface area (TPSA) is 107 Å². The molecule has 0 aliphatic carbocycles. The molecule has 9 heteroatoms. The molecule has 0 amide bonds. The average Bonchev–Trinajstić information content (AvgIpc) is 3.00. The number of aromatic amines is 1. The molecule has 0 saturated heterocycles. The number of hydrogen-bond acceptors (Lipinski definition) is 6. The molecule has 1 atom stereocenters. The smallest absolute Gasteiger partial charge is 0.110 e. The van der Waals surface area contributed by atoms with Crippen molar-refractivity contribution in [3.63, 3.8) is 0 Å². The Bertz CT molecular complexity index is 483. The molecule has 0 aromatic carbocycles. The highest BCUT2D eigenvalue weighted by molar-refractivity contribution is 6.31. The Morgan fingerprint density at radius 1 is 1.61 bits per heavy atom. The molecular weight excluding hydrogens is 258 g/mol. The van der Waals surface area contributed by atoms with Crippen molar-refractivity contribution in [3.8, 4) is 0 Å². The van der Waals surface area contributed by atoms with Crippen LogP contribution in [-0.4, -0.2) is 38.9 Å². The summed E-state index contributed by atoms with van der Waals surface area (Å²) in [7, 11) is 1.63. The number of hydrogen-bond donors (Lipinski definition) is 3. The predicted octanol–water partition coefficient (Wildman–Crippen LogP) is -0.146. The minimum atomic E-state index is -0.379. The molecule has 0 bridgehead atoms. The summed E-state index contributed by atoms with van der Waals surface area (Å²) in [4.78, 5) is 0. The van der Waals surface area contributed by atoms with E-state index in [-0.39, 0.29) is 6.04 Å². The molecule has 4 N–H and O–H groups in total. The average molecular weight is 272 g/mol. The third-order valence-electron chi connectivity index (χ3n) is 2.51. The maximum absolute atomic E-state index is 6.14. The van der Waals surface area contributed by atoms with E-state index < -0.39 is 0 Å². The van der Waals surface area contributed by atoms with Crippen molar-refractivity contribution in [1.82, 2.24) is 30.6 Å². The first-order valence-electron chi connectivity index (χ1n) is 5.30. The normalized spacial score (nSPS) is 12.8. The highest BCUT2D eigenvalue weighted by atomic mass is 35.5. The third-order valence-corrected chi connectivity index (χ3v) is 2.80. The SMILES string of the molecule is COCCn1ncc(Cl)c1C(NN)c1cn[nH]n1. The standard InChI is InChI=1S/C9H14ClN7O/c1-18-3-2-17-9(6(10)4-13-17)8(14-11)7-5-12-16-15-7/h4-5,8,14H,2-3,11H2,1H3,(H,12,15,16). The zero-order valence-electron chi connectivity index (χ0n) is 9.80. The van der Waals surface area contributed by atoms with Gasteiger partial charge in [0.1, 0.15) is 11.7 Å². The first-order valence-corrected chi connectivity index (χ1v) is 5.67. The van der Waals surface area contributed by atoms with Gasteiger partial charge in [0, 0.05) is 7.11 Å².